The van der Waals surface area contributed by atoms with Crippen LogP contribution < -0.4 is 5.32 Å². The quantitative estimate of drug-likeness (QED) is 0.762. The summed E-state index contributed by atoms with van der Waals surface area (Å²) < 4.78 is 6.30. The molecule has 1 N–H and O–H groups in total. The maximum Gasteiger partial charge on any atom is 0.291 e. The molecule has 1 aromatic carbocycles. The molecule has 22 heavy (non-hydrogen) atoms. The molecule has 3 rings (SSSR count). The third-order valence-electron chi connectivity index (χ3n) is 2.91. The van der Waals surface area contributed by atoms with E-state index >= 15 is 0 Å². The maximum absolute atomic E-state index is 12.3. The number of anilines is 1. The van der Waals surface area contributed by atoms with Crippen molar-refractivity contribution < 1.29 is 9.21 Å². The van der Waals surface area contributed by atoms with Gasteiger partial charge in [0.15, 0.2) is 10.1 Å². The Morgan fingerprint density at radius 3 is 2.91 bits per heavy atom. The average molecular weight is 331 g/mol. The minimum Gasteiger partial charge on any atom is -0.456 e. The Hall–Kier alpha value is -2.12. The van der Waals surface area contributed by atoms with Gasteiger partial charge >= 0.3 is 0 Å². The molecular weight excluding hydrogens is 318 g/mol. The van der Waals surface area contributed by atoms with Crippen molar-refractivity contribution in [3.63, 3.8) is 0 Å². The number of para-hydroxylation sites is 1. The van der Waals surface area contributed by atoms with E-state index in [-0.39, 0.29) is 5.91 Å². The topological polar surface area (TPSA) is 68.0 Å². The molecule has 5 nitrogen and oxygen atoms in total. The van der Waals surface area contributed by atoms with Gasteiger partial charge in [0, 0.05) is 11.3 Å². The van der Waals surface area contributed by atoms with Crippen LogP contribution in [0.25, 0.3) is 0 Å². The summed E-state index contributed by atoms with van der Waals surface area (Å²) in [5.41, 5.74) is 2.40. The predicted octanol–water partition coefficient (Wildman–Crippen LogP) is 4.10. The standard InChI is InChI=1S/C15H13N3O2S2/c1-2-10-7-8-12(20-10)14(19)17-11-5-3-4-6-13(11)22-15-18-16-9-21-15/h3-9H,2H2,1H3,(H,17,19). The molecule has 112 valence electrons. The van der Waals surface area contributed by atoms with Crippen molar-refractivity contribution in [1.82, 2.24) is 10.2 Å². The van der Waals surface area contributed by atoms with Crippen LogP contribution in [0.2, 0.25) is 0 Å². The third kappa shape index (κ3) is 3.37. The molecule has 0 saturated heterocycles. The monoisotopic (exact) mass is 331 g/mol. The number of benzene rings is 1. The lowest BCUT2D eigenvalue weighted by Crippen LogP contribution is -2.11. The van der Waals surface area contributed by atoms with Gasteiger partial charge in [0.05, 0.1) is 5.69 Å². The van der Waals surface area contributed by atoms with Gasteiger partial charge in [-0.3, -0.25) is 4.79 Å². The normalized spacial score (nSPS) is 10.6. The maximum atomic E-state index is 12.3. The molecule has 2 aromatic heterocycles. The van der Waals surface area contributed by atoms with E-state index < -0.39 is 0 Å². The summed E-state index contributed by atoms with van der Waals surface area (Å²) in [5, 5.41) is 10.7. The molecule has 1 amide bonds. The van der Waals surface area contributed by atoms with Crippen LogP contribution in [0.15, 0.2) is 55.6 Å². The number of furan rings is 1. The van der Waals surface area contributed by atoms with Crippen molar-refractivity contribution in [3.05, 3.63) is 53.4 Å². The lowest BCUT2D eigenvalue weighted by atomic mass is 10.3. The predicted molar refractivity (Wildman–Crippen MR) is 86.5 cm³/mol. The Bertz CT molecular complexity index is 769. The molecule has 2 heterocycles. The van der Waals surface area contributed by atoms with Crippen LogP contribution in [-0.4, -0.2) is 16.1 Å². The lowest BCUT2D eigenvalue weighted by Gasteiger charge is -2.08. The molecule has 7 heteroatoms. The van der Waals surface area contributed by atoms with E-state index in [4.69, 9.17) is 4.42 Å². The number of aryl methyl sites for hydroxylation is 1. The second-order valence-electron chi connectivity index (χ2n) is 4.38. The number of nitrogens with zero attached hydrogens (tertiary/aromatic N) is 2. The van der Waals surface area contributed by atoms with Crippen molar-refractivity contribution in [2.75, 3.05) is 5.32 Å². The van der Waals surface area contributed by atoms with Crippen LogP contribution in [-0.2, 0) is 6.42 Å². The Balaban J connectivity index is 1.78. The van der Waals surface area contributed by atoms with Gasteiger partial charge in [-0.05, 0) is 24.3 Å². The van der Waals surface area contributed by atoms with E-state index in [1.807, 2.05) is 37.3 Å². The fourth-order valence-corrected chi connectivity index (χ4v) is 3.36. The summed E-state index contributed by atoms with van der Waals surface area (Å²) in [4.78, 5) is 13.2. The molecule has 0 bridgehead atoms. The minimum atomic E-state index is -0.259. The Kier molecular flexibility index (Phi) is 4.55. The third-order valence-corrected chi connectivity index (χ3v) is 4.76. The number of hydrogen-bond donors (Lipinski definition) is 1. The molecule has 0 atom stereocenters. The fraction of sp³-hybridized carbons (Fsp3) is 0.133. The first kappa shape index (κ1) is 14.8. The number of amides is 1. The van der Waals surface area contributed by atoms with Crippen molar-refractivity contribution >= 4 is 34.7 Å². The van der Waals surface area contributed by atoms with E-state index in [9.17, 15) is 4.79 Å². The summed E-state index contributed by atoms with van der Waals surface area (Å²) in [6.45, 7) is 1.98. The van der Waals surface area contributed by atoms with E-state index in [0.29, 0.717) is 5.76 Å². The Morgan fingerprint density at radius 2 is 2.18 bits per heavy atom. The van der Waals surface area contributed by atoms with Gasteiger partial charge in [-0.1, -0.05) is 42.2 Å². The van der Waals surface area contributed by atoms with E-state index in [1.165, 1.54) is 23.1 Å². The highest BCUT2D eigenvalue weighted by molar-refractivity contribution is 8.01. The average Bonchev–Trinajstić information content (AvgIpc) is 3.20. The van der Waals surface area contributed by atoms with Crippen molar-refractivity contribution in [1.29, 1.82) is 0 Å². The summed E-state index contributed by atoms with van der Waals surface area (Å²) in [6, 6.07) is 11.1. The van der Waals surface area contributed by atoms with Crippen LogP contribution in [0.4, 0.5) is 5.69 Å². The van der Waals surface area contributed by atoms with Gasteiger partial charge in [0.2, 0.25) is 0 Å². The van der Waals surface area contributed by atoms with Crippen LogP contribution in [0.1, 0.15) is 23.2 Å². The first-order valence-electron chi connectivity index (χ1n) is 6.69. The highest BCUT2D eigenvalue weighted by Gasteiger charge is 2.14. The van der Waals surface area contributed by atoms with Crippen LogP contribution in [0.5, 0.6) is 0 Å². The molecule has 0 radical (unpaired) electrons. The summed E-state index contributed by atoms with van der Waals surface area (Å²) >= 11 is 2.92. The van der Waals surface area contributed by atoms with Crippen molar-refractivity contribution in [3.8, 4) is 0 Å². The zero-order valence-corrected chi connectivity index (χ0v) is 13.4. The molecule has 0 aliphatic heterocycles. The van der Waals surface area contributed by atoms with Gasteiger partial charge in [0.25, 0.3) is 5.91 Å². The number of aromatic nitrogens is 2. The van der Waals surface area contributed by atoms with Gasteiger partial charge in [-0.2, -0.15) is 0 Å². The first-order chi connectivity index (χ1) is 10.8. The zero-order chi connectivity index (χ0) is 15.4. The number of carbonyl (C=O) groups excluding carboxylic acids is 1. The largest absolute Gasteiger partial charge is 0.456 e. The number of hydrogen-bond acceptors (Lipinski definition) is 6. The van der Waals surface area contributed by atoms with Gasteiger partial charge in [0.1, 0.15) is 11.3 Å². The summed E-state index contributed by atoms with van der Waals surface area (Å²) in [7, 11) is 0. The second kappa shape index (κ2) is 6.76. The highest BCUT2D eigenvalue weighted by atomic mass is 32.2. The summed E-state index contributed by atoms with van der Waals surface area (Å²) in [6.07, 6.45) is 0.761. The number of carbonyl (C=O) groups is 1. The second-order valence-corrected chi connectivity index (χ2v) is 6.50. The van der Waals surface area contributed by atoms with Gasteiger partial charge in [-0.25, -0.2) is 0 Å². The highest BCUT2D eigenvalue weighted by Crippen LogP contribution is 2.34. The van der Waals surface area contributed by atoms with E-state index in [1.54, 1.807) is 11.6 Å². The van der Waals surface area contributed by atoms with Gasteiger partial charge in [-0.15, -0.1) is 10.2 Å². The molecule has 3 aromatic rings. The van der Waals surface area contributed by atoms with Crippen LogP contribution in [0.3, 0.4) is 0 Å². The number of rotatable bonds is 5. The molecule has 0 saturated carbocycles. The van der Waals surface area contributed by atoms with E-state index in [2.05, 4.69) is 15.5 Å². The summed E-state index contributed by atoms with van der Waals surface area (Å²) in [5.74, 6) is 0.847. The van der Waals surface area contributed by atoms with Crippen LogP contribution >= 0.6 is 23.1 Å². The molecule has 0 unspecified atom stereocenters. The fourth-order valence-electron chi connectivity index (χ4n) is 1.83. The molecule has 0 spiro atoms. The molecule has 0 aliphatic rings. The first-order valence-corrected chi connectivity index (χ1v) is 8.39. The smallest absolute Gasteiger partial charge is 0.291 e. The SMILES string of the molecule is CCc1ccc(C(=O)Nc2ccccc2Sc2nncs2)o1. The van der Waals surface area contributed by atoms with E-state index in [0.717, 1.165) is 27.1 Å². The van der Waals surface area contributed by atoms with Crippen molar-refractivity contribution in [2.45, 2.75) is 22.6 Å². The molecule has 0 fully saturated rings. The Labute approximate surface area is 135 Å². The van der Waals surface area contributed by atoms with Gasteiger partial charge < -0.3 is 9.73 Å². The van der Waals surface area contributed by atoms with Crippen molar-refractivity contribution in [2.24, 2.45) is 0 Å². The number of nitrogens with one attached hydrogen (secondary N) is 1. The van der Waals surface area contributed by atoms with Crippen LogP contribution in [0, 0.1) is 0 Å². The molecular formula is C15H13N3O2S2. The lowest BCUT2D eigenvalue weighted by molar-refractivity contribution is 0.0995. The Morgan fingerprint density at radius 1 is 1.32 bits per heavy atom. The minimum absolute atomic E-state index is 0.259. The zero-order valence-electron chi connectivity index (χ0n) is 11.8. The molecule has 0 aliphatic carbocycles.